The summed E-state index contributed by atoms with van der Waals surface area (Å²) in [4.78, 5) is 12.0. The highest BCUT2D eigenvalue weighted by molar-refractivity contribution is 9.10. The third kappa shape index (κ3) is 4.32. The van der Waals surface area contributed by atoms with Crippen molar-refractivity contribution in [1.29, 1.82) is 0 Å². The number of methoxy groups -OCH3 is 2. The molecule has 120 valence electrons. The van der Waals surface area contributed by atoms with E-state index in [0.29, 0.717) is 17.1 Å². The zero-order chi connectivity index (χ0) is 16.8. The lowest BCUT2D eigenvalue weighted by Crippen LogP contribution is -2.17. The van der Waals surface area contributed by atoms with E-state index < -0.39 is 0 Å². The molecule has 0 heterocycles. The summed E-state index contributed by atoms with van der Waals surface area (Å²) in [5.41, 5.74) is 4.91. The van der Waals surface area contributed by atoms with Crippen molar-refractivity contribution in [3.05, 3.63) is 57.6 Å². The van der Waals surface area contributed by atoms with E-state index in [-0.39, 0.29) is 5.91 Å². The monoisotopic (exact) mass is 376 g/mol. The predicted octanol–water partition coefficient (Wildman–Crippen LogP) is 3.54. The smallest absolute Gasteiger partial charge is 0.271 e. The van der Waals surface area contributed by atoms with E-state index in [1.54, 1.807) is 38.6 Å². The van der Waals surface area contributed by atoms with Gasteiger partial charge in [-0.2, -0.15) is 5.10 Å². The van der Waals surface area contributed by atoms with E-state index in [4.69, 9.17) is 9.47 Å². The molecule has 0 atom stereocenters. The van der Waals surface area contributed by atoms with Gasteiger partial charge in [0.15, 0.2) is 11.5 Å². The van der Waals surface area contributed by atoms with Crippen molar-refractivity contribution in [2.45, 2.75) is 6.92 Å². The van der Waals surface area contributed by atoms with Crippen LogP contribution in [-0.2, 0) is 0 Å². The third-order valence-corrected chi connectivity index (χ3v) is 3.74. The summed E-state index contributed by atoms with van der Waals surface area (Å²) in [6, 6.07) is 10.9. The fourth-order valence-corrected chi connectivity index (χ4v) is 2.57. The van der Waals surface area contributed by atoms with Crippen LogP contribution >= 0.6 is 15.9 Å². The SMILES string of the molecule is COc1cc(/C=N/NC(=O)c2ccc(C)cc2)cc(Br)c1OC. The van der Waals surface area contributed by atoms with E-state index in [2.05, 4.69) is 26.5 Å². The molecule has 0 fully saturated rings. The second kappa shape index (κ2) is 7.78. The quantitative estimate of drug-likeness (QED) is 0.641. The van der Waals surface area contributed by atoms with Crippen LogP contribution < -0.4 is 14.9 Å². The second-order valence-electron chi connectivity index (χ2n) is 4.80. The zero-order valence-electron chi connectivity index (χ0n) is 13.1. The number of nitrogens with zero attached hydrogens (tertiary/aromatic N) is 1. The number of nitrogens with one attached hydrogen (secondary N) is 1. The highest BCUT2D eigenvalue weighted by Gasteiger charge is 2.09. The van der Waals surface area contributed by atoms with Crippen molar-refractivity contribution >= 4 is 28.1 Å². The highest BCUT2D eigenvalue weighted by atomic mass is 79.9. The standard InChI is InChI=1S/C17H17BrN2O3/c1-11-4-6-13(7-5-11)17(21)20-19-10-12-8-14(18)16(23-3)15(9-12)22-2/h4-10H,1-3H3,(H,20,21)/b19-10+. The van der Waals surface area contributed by atoms with E-state index in [9.17, 15) is 4.79 Å². The maximum absolute atomic E-state index is 12.0. The molecule has 2 rings (SSSR count). The van der Waals surface area contributed by atoms with Gasteiger partial charge in [0.1, 0.15) is 0 Å². The summed E-state index contributed by atoms with van der Waals surface area (Å²) in [6.07, 6.45) is 1.54. The van der Waals surface area contributed by atoms with Gasteiger partial charge in [-0.25, -0.2) is 5.43 Å². The van der Waals surface area contributed by atoms with Gasteiger partial charge in [-0.05, 0) is 52.7 Å². The Labute approximate surface area is 143 Å². The first-order valence-corrected chi connectivity index (χ1v) is 7.66. The van der Waals surface area contributed by atoms with Crippen LogP contribution in [0, 0.1) is 6.92 Å². The van der Waals surface area contributed by atoms with Gasteiger partial charge in [-0.15, -0.1) is 0 Å². The van der Waals surface area contributed by atoms with Crippen LogP contribution in [0.3, 0.4) is 0 Å². The summed E-state index contributed by atoms with van der Waals surface area (Å²) < 4.78 is 11.2. The van der Waals surface area contributed by atoms with Gasteiger partial charge in [0.05, 0.1) is 24.9 Å². The number of carbonyl (C=O) groups excluding carboxylic acids is 1. The van der Waals surface area contributed by atoms with Gasteiger partial charge in [0, 0.05) is 5.56 Å². The van der Waals surface area contributed by atoms with Crippen LogP contribution in [0.4, 0.5) is 0 Å². The van der Waals surface area contributed by atoms with Crippen LogP contribution in [-0.4, -0.2) is 26.3 Å². The number of hydrogen-bond donors (Lipinski definition) is 1. The Kier molecular flexibility index (Phi) is 5.76. The Morgan fingerprint density at radius 2 is 1.87 bits per heavy atom. The van der Waals surface area contributed by atoms with Gasteiger partial charge >= 0.3 is 0 Å². The molecule has 0 unspecified atom stereocenters. The number of hydrogen-bond acceptors (Lipinski definition) is 4. The molecular formula is C17H17BrN2O3. The lowest BCUT2D eigenvalue weighted by Gasteiger charge is -2.10. The highest BCUT2D eigenvalue weighted by Crippen LogP contribution is 2.35. The van der Waals surface area contributed by atoms with E-state index >= 15 is 0 Å². The van der Waals surface area contributed by atoms with Crippen molar-refractivity contribution in [3.8, 4) is 11.5 Å². The summed E-state index contributed by atoms with van der Waals surface area (Å²) >= 11 is 3.41. The minimum atomic E-state index is -0.263. The molecule has 0 saturated heterocycles. The third-order valence-electron chi connectivity index (χ3n) is 3.15. The Bertz CT molecular complexity index is 727. The lowest BCUT2D eigenvalue weighted by atomic mass is 10.1. The molecule has 6 heteroatoms. The molecule has 5 nitrogen and oxygen atoms in total. The first kappa shape index (κ1) is 17.0. The average Bonchev–Trinajstić information content (AvgIpc) is 2.54. The summed E-state index contributed by atoms with van der Waals surface area (Å²) in [5.74, 6) is 0.919. The summed E-state index contributed by atoms with van der Waals surface area (Å²) in [6.45, 7) is 1.97. The number of benzene rings is 2. The molecular weight excluding hydrogens is 360 g/mol. The fraction of sp³-hybridized carbons (Fsp3) is 0.176. The fourth-order valence-electron chi connectivity index (χ4n) is 1.95. The topological polar surface area (TPSA) is 59.9 Å². The number of ether oxygens (including phenoxy) is 2. The molecule has 1 N–H and O–H groups in total. The van der Waals surface area contributed by atoms with Crippen molar-refractivity contribution in [3.63, 3.8) is 0 Å². The zero-order valence-corrected chi connectivity index (χ0v) is 14.7. The number of rotatable bonds is 5. The molecule has 0 spiro atoms. The molecule has 0 saturated carbocycles. The molecule has 0 bridgehead atoms. The molecule has 0 radical (unpaired) electrons. The van der Waals surface area contributed by atoms with Crippen molar-refractivity contribution in [2.24, 2.45) is 5.10 Å². The Balaban J connectivity index is 2.10. The van der Waals surface area contributed by atoms with Crippen LogP contribution in [0.25, 0.3) is 0 Å². The van der Waals surface area contributed by atoms with Crippen molar-refractivity contribution in [1.82, 2.24) is 5.43 Å². The van der Waals surface area contributed by atoms with Crippen LogP contribution in [0.15, 0.2) is 46.0 Å². The van der Waals surface area contributed by atoms with E-state index in [1.807, 2.05) is 25.1 Å². The maximum Gasteiger partial charge on any atom is 0.271 e. The number of aryl methyl sites for hydroxylation is 1. The number of carbonyl (C=O) groups is 1. The molecule has 23 heavy (non-hydrogen) atoms. The van der Waals surface area contributed by atoms with Gasteiger partial charge in [0.25, 0.3) is 5.91 Å². The summed E-state index contributed by atoms with van der Waals surface area (Å²) in [5, 5.41) is 3.97. The normalized spacial score (nSPS) is 10.6. The first-order valence-electron chi connectivity index (χ1n) is 6.86. The van der Waals surface area contributed by atoms with E-state index in [0.717, 1.165) is 15.6 Å². The molecule has 0 aliphatic rings. The van der Waals surface area contributed by atoms with E-state index in [1.165, 1.54) is 0 Å². The van der Waals surface area contributed by atoms with Crippen molar-refractivity contribution in [2.75, 3.05) is 14.2 Å². The van der Waals surface area contributed by atoms with Crippen LogP contribution in [0.2, 0.25) is 0 Å². The lowest BCUT2D eigenvalue weighted by molar-refractivity contribution is 0.0955. The molecule has 1 amide bonds. The number of halogens is 1. The van der Waals surface area contributed by atoms with Crippen molar-refractivity contribution < 1.29 is 14.3 Å². The van der Waals surface area contributed by atoms with Gasteiger partial charge in [-0.1, -0.05) is 17.7 Å². The minimum Gasteiger partial charge on any atom is -0.493 e. The Morgan fingerprint density at radius 3 is 2.48 bits per heavy atom. The van der Waals surface area contributed by atoms with Gasteiger partial charge < -0.3 is 9.47 Å². The number of hydrazone groups is 1. The maximum atomic E-state index is 12.0. The Morgan fingerprint density at radius 1 is 1.17 bits per heavy atom. The average molecular weight is 377 g/mol. The molecule has 2 aromatic carbocycles. The first-order chi connectivity index (χ1) is 11.0. The molecule has 0 aliphatic heterocycles. The van der Waals surface area contributed by atoms with Crippen LogP contribution in [0.5, 0.6) is 11.5 Å². The second-order valence-corrected chi connectivity index (χ2v) is 5.66. The largest absolute Gasteiger partial charge is 0.493 e. The Hall–Kier alpha value is -2.34. The molecule has 0 aliphatic carbocycles. The molecule has 0 aromatic heterocycles. The predicted molar refractivity (Wildman–Crippen MR) is 93.5 cm³/mol. The van der Waals surface area contributed by atoms with Crippen LogP contribution in [0.1, 0.15) is 21.5 Å². The van der Waals surface area contributed by atoms with Gasteiger partial charge in [0.2, 0.25) is 0 Å². The summed E-state index contributed by atoms with van der Waals surface area (Å²) in [7, 11) is 3.13. The minimum absolute atomic E-state index is 0.263. The molecule has 2 aromatic rings. The van der Waals surface area contributed by atoms with Gasteiger partial charge in [-0.3, -0.25) is 4.79 Å². The number of amides is 1.